The molecule has 0 spiro atoms. The fraction of sp³-hybridized carbons (Fsp3) is 0.200. The first-order valence-electron chi connectivity index (χ1n) is 6.24. The molecule has 0 heterocycles. The van der Waals surface area contributed by atoms with Gasteiger partial charge in [0.05, 0.1) is 4.92 Å². The lowest BCUT2D eigenvalue weighted by atomic mass is 10.1. The monoisotopic (exact) mass is 288 g/mol. The highest BCUT2D eigenvalue weighted by molar-refractivity contribution is 7.98. The number of nitrogens with zero attached hydrogens (tertiary/aromatic N) is 1. The van der Waals surface area contributed by atoms with Gasteiger partial charge in [-0.1, -0.05) is 24.3 Å². The molecule has 0 unspecified atom stereocenters. The largest absolute Gasteiger partial charge is 0.388 e. The van der Waals surface area contributed by atoms with Crippen LogP contribution in [-0.2, 0) is 5.75 Å². The van der Waals surface area contributed by atoms with Crippen LogP contribution in [0.15, 0.2) is 47.4 Å². The highest BCUT2D eigenvalue weighted by Crippen LogP contribution is 2.30. The summed E-state index contributed by atoms with van der Waals surface area (Å²) in [5, 5.41) is 13.9. The number of hydrogen-bond acceptors (Lipinski definition) is 4. The third-order valence-electron chi connectivity index (χ3n) is 3.05. The van der Waals surface area contributed by atoms with E-state index in [1.54, 1.807) is 24.9 Å². The molecule has 2 rings (SSSR count). The SMILES string of the molecule is CNc1cc(SCc2ccccc2C)cc([N+](=O)[O-])c1. The fourth-order valence-electron chi connectivity index (χ4n) is 1.85. The molecule has 0 aliphatic rings. The Morgan fingerprint density at radius 1 is 1.25 bits per heavy atom. The van der Waals surface area contributed by atoms with Crippen molar-refractivity contribution in [3.8, 4) is 0 Å². The molecule has 104 valence electrons. The molecule has 2 aromatic rings. The summed E-state index contributed by atoms with van der Waals surface area (Å²) < 4.78 is 0. The van der Waals surface area contributed by atoms with Gasteiger partial charge in [-0.3, -0.25) is 10.1 Å². The van der Waals surface area contributed by atoms with E-state index in [0.29, 0.717) is 0 Å². The summed E-state index contributed by atoms with van der Waals surface area (Å²) >= 11 is 1.60. The molecule has 0 aliphatic carbocycles. The Labute approximate surface area is 122 Å². The van der Waals surface area contributed by atoms with Gasteiger partial charge in [-0.25, -0.2) is 0 Å². The van der Waals surface area contributed by atoms with Crippen molar-refractivity contribution in [3.05, 3.63) is 63.7 Å². The highest BCUT2D eigenvalue weighted by atomic mass is 32.2. The number of aryl methyl sites for hydroxylation is 1. The summed E-state index contributed by atoms with van der Waals surface area (Å²) in [5.74, 6) is 0.803. The smallest absolute Gasteiger partial charge is 0.272 e. The number of benzene rings is 2. The van der Waals surface area contributed by atoms with Gasteiger partial charge in [0.25, 0.3) is 5.69 Å². The lowest BCUT2D eigenvalue weighted by Crippen LogP contribution is -1.93. The lowest BCUT2D eigenvalue weighted by molar-refractivity contribution is -0.385. The minimum absolute atomic E-state index is 0.115. The molecule has 0 saturated carbocycles. The molecule has 2 aromatic carbocycles. The molecule has 4 nitrogen and oxygen atoms in total. The van der Waals surface area contributed by atoms with Gasteiger partial charge in [0, 0.05) is 35.5 Å². The highest BCUT2D eigenvalue weighted by Gasteiger charge is 2.10. The Morgan fingerprint density at radius 2 is 2.00 bits per heavy atom. The molecule has 0 saturated heterocycles. The summed E-state index contributed by atoms with van der Waals surface area (Å²) in [5.41, 5.74) is 3.35. The number of anilines is 1. The van der Waals surface area contributed by atoms with Crippen molar-refractivity contribution in [2.24, 2.45) is 0 Å². The predicted molar refractivity (Wildman–Crippen MR) is 83.4 cm³/mol. The van der Waals surface area contributed by atoms with Crippen molar-refractivity contribution in [2.45, 2.75) is 17.6 Å². The molecule has 1 N–H and O–H groups in total. The molecule has 0 atom stereocenters. The van der Waals surface area contributed by atoms with E-state index in [2.05, 4.69) is 24.4 Å². The van der Waals surface area contributed by atoms with Gasteiger partial charge in [0.1, 0.15) is 0 Å². The second-order valence-electron chi connectivity index (χ2n) is 4.44. The summed E-state index contributed by atoms with van der Waals surface area (Å²) in [7, 11) is 1.76. The van der Waals surface area contributed by atoms with Crippen molar-refractivity contribution in [1.29, 1.82) is 0 Å². The van der Waals surface area contributed by atoms with Gasteiger partial charge in [-0.05, 0) is 24.1 Å². The van der Waals surface area contributed by atoms with Crippen LogP contribution in [0.2, 0.25) is 0 Å². The minimum Gasteiger partial charge on any atom is -0.388 e. The summed E-state index contributed by atoms with van der Waals surface area (Å²) in [4.78, 5) is 11.5. The average molecular weight is 288 g/mol. The minimum atomic E-state index is -0.362. The molecule has 5 heteroatoms. The first-order valence-corrected chi connectivity index (χ1v) is 7.23. The van der Waals surface area contributed by atoms with Gasteiger partial charge in [0.2, 0.25) is 0 Å². The van der Waals surface area contributed by atoms with Crippen LogP contribution in [0.25, 0.3) is 0 Å². The normalized spacial score (nSPS) is 10.3. The van der Waals surface area contributed by atoms with Crippen LogP contribution in [0.3, 0.4) is 0 Å². The second-order valence-corrected chi connectivity index (χ2v) is 5.49. The Morgan fingerprint density at radius 3 is 2.65 bits per heavy atom. The van der Waals surface area contributed by atoms with E-state index in [1.807, 2.05) is 18.2 Å². The first kappa shape index (κ1) is 14.4. The third kappa shape index (κ3) is 3.51. The maximum atomic E-state index is 10.9. The molecular formula is C15H16N2O2S. The molecule has 20 heavy (non-hydrogen) atoms. The number of nitrogens with one attached hydrogen (secondary N) is 1. The molecule has 0 amide bonds. The Bertz CT molecular complexity index is 629. The third-order valence-corrected chi connectivity index (χ3v) is 4.07. The standard InChI is InChI=1S/C15H16N2O2S/c1-11-5-3-4-6-12(11)10-20-15-8-13(16-2)7-14(9-15)17(18)19/h3-9,16H,10H2,1-2H3. The van der Waals surface area contributed by atoms with Crippen molar-refractivity contribution >= 4 is 23.1 Å². The summed E-state index contributed by atoms with van der Waals surface area (Å²) in [6.45, 7) is 2.07. The van der Waals surface area contributed by atoms with Crippen LogP contribution >= 0.6 is 11.8 Å². The molecule has 0 aromatic heterocycles. The second kappa shape index (κ2) is 6.43. The Balaban J connectivity index is 2.19. The van der Waals surface area contributed by atoms with Crippen molar-refractivity contribution in [2.75, 3.05) is 12.4 Å². The number of thioether (sulfide) groups is 1. The van der Waals surface area contributed by atoms with Crippen LogP contribution in [0.1, 0.15) is 11.1 Å². The Hall–Kier alpha value is -2.01. The van der Waals surface area contributed by atoms with E-state index in [0.717, 1.165) is 16.3 Å². The van der Waals surface area contributed by atoms with Gasteiger partial charge in [-0.2, -0.15) is 0 Å². The zero-order valence-electron chi connectivity index (χ0n) is 11.4. The van der Waals surface area contributed by atoms with E-state index < -0.39 is 0 Å². The van der Waals surface area contributed by atoms with Crippen LogP contribution in [0.5, 0.6) is 0 Å². The fourth-order valence-corrected chi connectivity index (χ4v) is 2.91. The van der Waals surface area contributed by atoms with Crippen LogP contribution in [-0.4, -0.2) is 12.0 Å². The van der Waals surface area contributed by atoms with E-state index in [-0.39, 0.29) is 10.6 Å². The van der Waals surface area contributed by atoms with Gasteiger partial charge in [0.15, 0.2) is 0 Å². The van der Waals surface area contributed by atoms with Crippen LogP contribution in [0, 0.1) is 17.0 Å². The van der Waals surface area contributed by atoms with Crippen LogP contribution < -0.4 is 5.32 Å². The maximum absolute atomic E-state index is 10.9. The maximum Gasteiger partial charge on any atom is 0.272 e. The van der Waals surface area contributed by atoms with Crippen molar-refractivity contribution in [1.82, 2.24) is 0 Å². The van der Waals surface area contributed by atoms with Gasteiger partial charge in [-0.15, -0.1) is 11.8 Å². The number of rotatable bonds is 5. The zero-order chi connectivity index (χ0) is 14.5. The number of non-ortho nitro benzene ring substituents is 1. The van der Waals surface area contributed by atoms with E-state index in [4.69, 9.17) is 0 Å². The van der Waals surface area contributed by atoms with E-state index in [9.17, 15) is 10.1 Å². The zero-order valence-corrected chi connectivity index (χ0v) is 12.2. The van der Waals surface area contributed by atoms with E-state index >= 15 is 0 Å². The molecule has 0 radical (unpaired) electrons. The number of nitro groups is 1. The molecule has 0 aliphatic heterocycles. The lowest BCUT2D eigenvalue weighted by Gasteiger charge is -2.07. The van der Waals surface area contributed by atoms with Crippen LogP contribution in [0.4, 0.5) is 11.4 Å². The summed E-state index contributed by atoms with van der Waals surface area (Å²) in [6.07, 6.45) is 0. The predicted octanol–water partition coefficient (Wildman–Crippen LogP) is 4.24. The molecular weight excluding hydrogens is 272 g/mol. The topological polar surface area (TPSA) is 55.2 Å². The van der Waals surface area contributed by atoms with Crippen molar-refractivity contribution < 1.29 is 4.92 Å². The number of hydrogen-bond donors (Lipinski definition) is 1. The molecule has 0 bridgehead atoms. The number of nitro benzene ring substituents is 1. The molecule has 0 fully saturated rings. The van der Waals surface area contributed by atoms with Gasteiger partial charge < -0.3 is 5.32 Å². The summed E-state index contributed by atoms with van der Waals surface area (Å²) in [6, 6.07) is 13.3. The first-order chi connectivity index (χ1) is 9.60. The van der Waals surface area contributed by atoms with Crippen molar-refractivity contribution in [3.63, 3.8) is 0 Å². The van der Waals surface area contributed by atoms with E-state index in [1.165, 1.54) is 17.2 Å². The van der Waals surface area contributed by atoms with Gasteiger partial charge >= 0.3 is 0 Å². The Kier molecular flexibility index (Phi) is 4.63. The quantitative estimate of drug-likeness (QED) is 0.508. The average Bonchev–Trinajstić information content (AvgIpc) is 2.46.